The van der Waals surface area contributed by atoms with Gasteiger partial charge in [-0.1, -0.05) is 23.2 Å². The van der Waals surface area contributed by atoms with E-state index in [1.807, 2.05) is 0 Å². The van der Waals surface area contributed by atoms with Crippen LogP contribution in [0.3, 0.4) is 0 Å². The Balaban J connectivity index is 1.96. The van der Waals surface area contributed by atoms with Gasteiger partial charge in [-0.3, -0.25) is 0 Å². The van der Waals surface area contributed by atoms with E-state index in [4.69, 9.17) is 32.4 Å². The van der Waals surface area contributed by atoms with Crippen LogP contribution in [-0.2, 0) is 0 Å². The molecule has 0 amide bonds. The van der Waals surface area contributed by atoms with E-state index in [-0.39, 0.29) is 0 Å². The summed E-state index contributed by atoms with van der Waals surface area (Å²) in [5.41, 5.74) is 2.06. The van der Waals surface area contributed by atoms with Crippen LogP contribution in [0.2, 0.25) is 10.0 Å². The number of methoxy groups -OCH3 is 1. The fourth-order valence-corrected chi connectivity index (χ4v) is 2.16. The van der Waals surface area contributed by atoms with Crippen LogP contribution in [-0.4, -0.2) is 12.1 Å². The van der Waals surface area contributed by atoms with Crippen molar-refractivity contribution < 1.29 is 9.15 Å². The normalized spacial score (nSPS) is 10.8. The van der Waals surface area contributed by atoms with Gasteiger partial charge >= 0.3 is 0 Å². The van der Waals surface area contributed by atoms with E-state index in [0.717, 1.165) is 11.2 Å². The third-order valence-electron chi connectivity index (χ3n) is 2.76. The van der Waals surface area contributed by atoms with E-state index >= 15 is 0 Å². The first kappa shape index (κ1) is 13.1. The number of halogens is 2. The van der Waals surface area contributed by atoms with Gasteiger partial charge in [-0.2, -0.15) is 4.98 Å². The highest BCUT2D eigenvalue weighted by molar-refractivity contribution is 6.31. The number of aromatic nitrogens is 1. The van der Waals surface area contributed by atoms with Crippen molar-refractivity contribution in [3.63, 3.8) is 0 Å². The van der Waals surface area contributed by atoms with Gasteiger partial charge in [-0.25, -0.2) is 0 Å². The number of nitrogens with zero attached hydrogens (tertiary/aromatic N) is 1. The SMILES string of the molecule is COc1cc(Cl)ccc1Nc1nc2ccc(Cl)cc2o1. The van der Waals surface area contributed by atoms with E-state index in [9.17, 15) is 0 Å². The van der Waals surface area contributed by atoms with E-state index in [0.29, 0.717) is 27.4 Å². The van der Waals surface area contributed by atoms with Gasteiger partial charge < -0.3 is 14.5 Å². The standard InChI is InChI=1S/C14H10Cl2N2O2/c1-19-12-6-8(15)2-4-10(12)17-14-18-11-5-3-9(16)7-13(11)20-14/h2-7H,1H3,(H,17,18). The molecular weight excluding hydrogens is 299 g/mol. The van der Waals surface area contributed by atoms with Gasteiger partial charge in [0.2, 0.25) is 0 Å². The summed E-state index contributed by atoms with van der Waals surface area (Å²) in [5.74, 6) is 0.609. The fraction of sp³-hybridized carbons (Fsp3) is 0.0714. The Bertz CT molecular complexity index is 771. The van der Waals surface area contributed by atoms with Crippen molar-refractivity contribution >= 4 is 46.0 Å². The summed E-state index contributed by atoms with van der Waals surface area (Å²) >= 11 is 11.8. The molecule has 4 nitrogen and oxygen atoms in total. The Kier molecular flexibility index (Phi) is 3.42. The van der Waals surface area contributed by atoms with Gasteiger partial charge in [-0.15, -0.1) is 0 Å². The molecule has 1 aromatic heterocycles. The molecule has 0 aliphatic carbocycles. The minimum Gasteiger partial charge on any atom is -0.495 e. The number of fused-ring (bicyclic) bond motifs is 1. The smallest absolute Gasteiger partial charge is 0.300 e. The number of oxazole rings is 1. The Hall–Kier alpha value is -1.91. The van der Waals surface area contributed by atoms with E-state index in [2.05, 4.69) is 10.3 Å². The average molecular weight is 309 g/mol. The number of nitrogens with one attached hydrogen (secondary N) is 1. The molecule has 102 valence electrons. The molecule has 2 aromatic carbocycles. The zero-order valence-corrected chi connectivity index (χ0v) is 12.0. The van der Waals surface area contributed by atoms with E-state index in [1.54, 1.807) is 43.5 Å². The molecule has 0 aliphatic heterocycles. The van der Waals surface area contributed by atoms with Crippen molar-refractivity contribution in [2.75, 3.05) is 12.4 Å². The highest BCUT2D eigenvalue weighted by atomic mass is 35.5. The zero-order valence-electron chi connectivity index (χ0n) is 10.5. The topological polar surface area (TPSA) is 47.3 Å². The Labute approximate surface area is 125 Å². The van der Waals surface area contributed by atoms with Gasteiger partial charge in [-0.05, 0) is 24.3 Å². The number of ether oxygens (including phenoxy) is 1. The summed E-state index contributed by atoms with van der Waals surface area (Å²) in [6.07, 6.45) is 0. The Morgan fingerprint density at radius 3 is 2.65 bits per heavy atom. The summed E-state index contributed by atoms with van der Waals surface area (Å²) in [6, 6.07) is 10.9. The molecule has 0 fully saturated rings. The van der Waals surface area contributed by atoms with Gasteiger partial charge in [0.1, 0.15) is 11.3 Å². The zero-order chi connectivity index (χ0) is 14.1. The van der Waals surface area contributed by atoms with Crippen molar-refractivity contribution in [1.82, 2.24) is 4.98 Å². The lowest BCUT2D eigenvalue weighted by atomic mass is 10.3. The van der Waals surface area contributed by atoms with Gasteiger partial charge in [0.25, 0.3) is 6.01 Å². The molecule has 0 saturated carbocycles. The number of benzene rings is 2. The Morgan fingerprint density at radius 2 is 1.85 bits per heavy atom. The van der Waals surface area contributed by atoms with Crippen LogP contribution in [0.1, 0.15) is 0 Å². The fourth-order valence-electron chi connectivity index (χ4n) is 1.84. The first-order chi connectivity index (χ1) is 9.65. The lowest BCUT2D eigenvalue weighted by Gasteiger charge is -2.08. The first-order valence-corrected chi connectivity index (χ1v) is 6.58. The van der Waals surface area contributed by atoms with Gasteiger partial charge in [0.05, 0.1) is 12.8 Å². The van der Waals surface area contributed by atoms with Crippen LogP contribution < -0.4 is 10.1 Å². The molecule has 0 bridgehead atoms. The van der Waals surface area contributed by atoms with Crippen LogP contribution >= 0.6 is 23.2 Å². The second-order valence-corrected chi connectivity index (χ2v) is 4.97. The molecule has 1 N–H and O–H groups in total. The molecule has 3 aromatic rings. The molecule has 0 saturated heterocycles. The number of hydrogen-bond donors (Lipinski definition) is 1. The minimum absolute atomic E-state index is 0.364. The average Bonchev–Trinajstić information content (AvgIpc) is 2.82. The monoisotopic (exact) mass is 308 g/mol. The van der Waals surface area contributed by atoms with Gasteiger partial charge in [0.15, 0.2) is 5.58 Å². The second-order valence-electron chi connectivity index (χ2n) is 4.10. The molecule has 3 rings (SSSR count). The van der Waals surface area contributed by atoms with Crippen molar-refractivity contribution in [1.29, 1.82) is 0 Å². The highest BCUT2D eigenvalue weighted by Gasteiger charge is 2.09. The van der Waals surface area contributed by atoms with Crippen LogP contribution in [0.4, 0.5) is 11.7 Å². The molecule has 0 radical (unpaired) electrons. The minimum atomic E-state index is 0.364. The van der Waals surface area contributed by atoms with Crippen molar-refractivity contribution in [3.8, 4) is 5.75 Å². The third kappa shape index (κ3) is 2.53. The quantitative estimate of drug-likeness (QED) is 0.748. The predicted octanol–water partition coefficient (Wildman–Crippen LogP) is 4.89. The lowest BCUT2D eigenvalue weighted by Crippen LogP contribution is -1.94. The summed E-state index contributed by atoms with van der Waals surface area (Å²) in [6.45, 7) is 0. The van der Waals surface area contributed by atoms with Crippen molar-refractivity contribution in [2.24, 2.45) is 0 Å². The first-order valence-electron chi connectivity index (χ1n) is 5.82. The molecule has 0 spiro atoms. The van der Waals surface area contributed by atoms with Crippen LogP contribution in [0.15, 0.2) is 40.8 Å². The Morgan fingerprint density at radius 1 is 1.10 bits per heavy atom. The highest BCUT2D eigenvalue weighted by Crippen LogP contribution is 2.31. The van der Waals surface area contributed by atoms with Crippen LogP contribution in [0.25, 0.3) is 11.1 Å². The maximum Gasteiger partial charge on any atom is 0.300 e. The second kappa shape index (κ2) is 5.23. The third-order valence-corrected chi connectivity index (χ3v) is 3.23. The summed E-state index contributed by atoms with van der Waals surface area (Å²) < 4.78 is 10.8. The van der Waals surface area contributed by atoms with Crippen LogP contribution in [0, 0.1) is 0 Å². The summed E-state index contributed by atoms with van der Waals surface area (Å²) in [4.78, 5) is 4.32. The number of hydrogen-bond acceptors (Lipinski definition) is 4. The molecule has 20 heavy (non-hydrogen) atoms. The molecular formula is C14H10Cl2N2O2. The molecule has 0 unspecified atom stereocenters. The largest absolute Gasteiger partial charge is 0.495 e. The van der Waals surface area contributed by atoms with Crippen molar-refractivity contribution in [3.05, 3.63) is 46.4 Å². The van der Waals surface area contributed by atoms with E-state index in [1.165, 1.54) is 0 Å². The predicted molar refractivity (Wildman–Crippen MR) is 80.3 cm³/mol. The summed E-state index contributed by atoms with van der Waals surface area (Å²) in [7, 11) is 1.57. The molecule has 1 heterocycles. The maximum atomic E-state index is 5.92. The number of anilines is 2. The van der Waals surface area contributed by atoms with Crippen molar-refractivity contribution in [2.45, 2.75) is 0 Å². The molecule has 0 aliphatic rings. The lowest BCUT2D eigenvalue weighted by molar-refractivity contribution is 0.416. The summed E-state index contributed by atoms with van der Waals surface area (Å²) in [5, 5.41) is 4.25. The molecule has 0 atom stereocenters. The molecule has 6 heteroatoms. The number of rotatable bonds is 3. The van der Waals surface area contributed by atoms with E-state index < -0.39 is 0 Å². The van der Waals surface area contributed by atoms with Crippen LogP contribution in [0.5, 0.6) is 5.75 Å². The maximum absolute atomic E-state index is 5.92. The van der Waals surface area contributed by atoms with Gasteiger partial charge in [0, 0.05) is 22.2 Å².